The Morgan fingerprint density at radius 3 is 1.70 bits per heavy atom. The summed E-state index contributed by atoms with van der Waals surface area (Å²) < 4.78 is 0. The zero-order valence-corrected chi connectivity index (χ0v) is 18.5. The molecule has 0 heterocycles. The van der Waals surface area contributed by atoms with Gasteiger partial charge in [0.15, 0.2) is 0 Å². The molecule has 0 aliphatic rings. The number of benzene rings is 4. The van der Waals surface area contributed by atoms with E-state index in [0.29, 0.717) is 11.4 Å². The number of azo groups is 1. The van der Waals surface area contributed by atoms with Crippen LogP contribution in [0.15, 0.2) is 114 Å². The van der Waals surface area contributed by atoms with Gasteiger partial charge in [0.25, 0.3) is 0 Å². The molecule has 0 radical (unpaired) electrons. The summed E-state index contributed by atoms with van der Waals surface area (Å²) >= 11 is 0. The van der Waals surface area contributed by atoms with E-state index in [1.807, 2.05) is 109 Å². The summed E-state index contributed by atoms with van der Waals surface area (Å²) in [6.07, 6.45) is 1.49. The normalized spacial score (nSPS) is 11.2. The second kappa shape index (κ2) is 11.5. The van der Waals surface area contributed by atoms with E-state index in [1.54, 1.807) is 0 Å². The molecule has 33 heavy (non-hydrogen) atoms. The molecule has 0 saturated heterocycles. The van der Waals surface area contributed by atoms with Crippen LogP contribution >= 0.6 is 0 Å². The van der Waals surface area contributed by atoms with Crippen LogP contribution in [0.25, 0.3) is 0 Å². The first-order valence-corrected chi connectivity index (χ1v) is 11.2. The maximum atomic E-state index is 13.0. The maximum Gasteiger partial charge on any atom is 0.248 e. The summed E-state index contributed by atoms with van der Waals surface area (Å²) in [6.45, 7) is 1.49. The highest BCUT2D eigenvalue weighted by atomic mass is 16.5. The lowest BCUT2D eigenvalue weighted by atomic mass is 10.1. The van der Waals surface area contributed by atoms with Crippen molar-refractivity contribution in [2.24, 2.45) is 5.11 Å². The molecule has 2 N–H and O–H groups in total. The van der Waals surface area contributed by atoms with Gasteiger partial charge < -0.3 is 15.8 Å². The summed E-state index contributed by atoms with van der Waals surface area (Å²) in [5, 5.41) is 24.2. The van der Waals surface area contributed by atoms with Gasteiger partial charge >= 0.3 is 0 Å². The van der Waals surface area contributed by atoms with Crippen LogP contribution in [0, 0.1) is 5.21 Å². The minimum atomic E-state index is 0.574. The number of nitrogens with one attached hydrogen (secondary N) is 2. The number of anilines is 2. The Bertz CT molecular complexity index is 1180. The lowest BCUT2D eigenvalue weighted by Crippen LogP contribution is -2.07. The molecule has 4 aromatic rings. The van der Waals surface area contributed by atoms with Gasteiger partial charge in [-0.1, -0.05) is 72.8 Å². The topological polar surface area (TPSA) is 62.5 Å². The van der Waals surface area contributed by atoms with Gasteiger partial charge in [0, 0.05) is 41.2 Å². The molecule has 4 rings (SSSR count). The van der Waals surface area contributed by atoms with Crippen molar-refractivity contribution in [1.29, 1.82) is 0 Å². The average molecular weight is 437 g/mol. The molecule has 4 aromatic carbocycles. The van der Waals surface area contributed by atoms with E-state index < -0.39 is 0 Å². The second-order valence-electron chi connectivity index (χ2n) is 7.72. The van der Waals surface area contributed by atoms with Crippen molar-refractivity contribution in [2.75, 3.05) is 23.7 Å². The van der Waals surface area contributed by atoms with E-state index in [4.69, 9.17) is 0 Å². The predicted octanol–water partition coefficient (Wildman–Crippen LogP) is 6.92. The first-order chi connectivity index (χ1) is 16.3. The molecule has 0 spiro atoms. The lowest BCUT2D eigenvalue weighted by molar-refractivity contribution is -0.436. The van der Waals surface area contributed by atoms with Crippen molar-refractivity contribution in [3.05, 3.63) is 126 Å². The molecular formula is C28H28N4O. The van der Waals surface area contributed by atoms with Crippen LogP contribution in [0.3, 0.4) is 0 Å². The van der Waals surface area contributed by atoms with Crippen LogP contribution < -0.4 is 10.6 Å². The number of para-hydroxylation sites is 3. The third-order valence-corrected chi connectivity index (χ3v) is 5.38. The molecule has 0 saturated carbocycles. The number of rotatable bonds is 10. The van der Waals surface area contributed by atoms with Crippen molar-refractivity contribution in [3.63, 3.8) is 0 Å². The third kappa shape index (κ3) is 6.43. The van der Waals surface area contributed by atoms with Crippen molar-refractivity contribution >= 4 is 22.7 Å². The van der Waals surface area contributed by atoms with E-state index in [-0.39, 0.29) is 0 Å². The lowest BCUT2D eigenvalue weighted by Gasteiger charge is -2.10. The molecule has 0 aromatic heterocycles. The van der Waals surface area contributed by atoms with Crippen LogP contribution in [0.4, 0.5) is 22.7 Å². The highest BCUT2D eigenvalue weighted by Crippen LogP contribution is 2.25. The van der Waals surface area contributed by atoms with Crippen LogP contribution in [0.1, 0.15) is 11.1 Å². The van der Waals surface area contributed by atoms with Crippen molar-refractivity contribution in [1.82, 2.24) is 0 Å². The van der Waals surface area contributed by atoms with Gasteiger partial charge in [0.05, 0.1) is 0 Å². The molecule has 166 valence electrons. The molecule has 0 bridgehead atoms. The Kier molecular flexibility index (Phi) is 7.69. The Morgan fingerprint density at radius 1 is 0.576 bits per heavy atom. The highest BCUT2D eigenvalue weighted by molar-refractivity contribution is 5.48. The largest absolute Gasteiger partial charge is 0.594 e. The third-order valence-electron chi connectivity index (χ3n) is 5.38. The fourth-order valence-corrected chi connectivity index (χ4v) is 3.68. The number of hydrogen-bond acceptors (Lipinski definition) is 4. The van der Waals surface area contributed by atoms with Crippen molar-refractivity contribution in [2.45, 2.75) is 12.8 Å². The quantitative estimate of drug-likeness (QED) is 0.161. The first kappa shape index (κ1) is 22.1. The Balaban J connectivity index is 1.44. The molecule has 0 aliphatic carbocycles. The molecule has 0 aliphatic heterocycles. The predicted molar refractivity (Wildman–Crippen MR) is 136 cm³/mol. The monoisotopic (exact) mass is 436 g/mol. The Labute approximate surface area is 195 Å². The minimum Gasteiger partial charge on any atom is -0.594 e. The van der Waals surface area contributed by atoms with Gasteiger partial charge in [-0.25, -0.2) is 0 Å². The van der Waals surface area contributed by atoms with Gasteiger partial charge in [-0.3, -0.25) is 0 Å². The van der Waals surface area contributed by atoms with Gasteiger partial charge in [0.2, 0.25) is 5.69 Å². The van der Waals surface area contributed by atoms with E-state index in [2.05, 4.69) is 15.7 Å². The molecule has 5 heteroatoms. The highest BCUT2D eigenvalue weighted by Gasteiger charge is 2.12. The Morgan fingerprint density at radius 2 is 1.06 bits per heavy atom. The van der Waals surface area contributed by atoms with E-state index in [9.17, 15) is 5.21 Å². The smallest absolute Gasteiger partial charge is 0.248 e. The van der Waals surface area contributed by atoms with Gasteiger partial charge in [-0.05, 0) is 53.6 Å². The van der Waals surface area contributed by atoms with Crippen LogP contribution in [0.5, 0.6) is 0 Å². The van der Waals surface area contributed by atoms with E-state index >= 15 is 0 Å². The fourth-order valence-electron chi connectivity index (χ4n) is 3.68. The fraction of sp³-hybridized carbons (Fsp3) is 0.143. The van der Waals surface area contributed by atoms with Crippen molar-refractivity contribution in [3.8, 4) is 0 Å². The number of hydrogen-bond donors (Lipinski definition) is 2. The van der Waals surface area contributed by atoms with Crippen LogP contribution in [-0.2, 0) is 12.8 Å². The molecule has 0 unspecified atom stereocenters. The Hall–Kier alpha value is -4.12. The average Bonchev–Trinajstić information content (AvgIpc) is 2.87. The van der Waals surface area contributed by atoms with E-state index in [1.165, 1.54) is 0 Å². The molecule has 0 fully saturated rings. The maximum absolute atomic E-state index is 13.0. The zero-order chi connectivity index (χ0) is 22.7. The van der Waals surface area contributed by atoms with Crippen LogP contribution in [0.2, 0.25) is 0 Å². The number of nitrogens with zero attached hydrogens (tertiary/aromatic N) is 2. The minimum absolute atomic E-state index is 0.574. The molecule has 5 nitrogen and oxygen atoms in total. The summed E-state index contributed by atoms with van der Waals surface area (Å²) in [5.41, 5.74) is 5.41. The summed E-state index contributed by atoms with van der Waals surface area (Å²) in [5.74, 6) is 0. The van der Waals surface area contributed by atoms with Crippen LogP contribution in [-0.4, -0.2) is 18.0 Å². The summed E-state index contributed by atoms with van der Waals surface area (Å²) in [7, 11) is 0. The summed E-state index contributed by atoms with van der Waals surface area (Å²) in [6, 6.07) is 35.6. The van der Waals surface area contributed by atoms with Crippen molar-refractivity contribution < 1.29 is 4.86 Å². The van der Waals surface area contributed by atoms with E-state index in [0.717, 1.165) is 53.3 Å². The standard InChI is InChI=1S/C28H28N4O/c33-32(28-18-10-8-12-24(28)20-22-30-26-15-5-2-6-16-26)31-27-17-9-7-11-23(27)19-21-29-25-13-3-1-4-14-25/h1-18,29-30H,19-22H2. The molecule has 0 amide bonds. The summed E-state index contributed by atoms with van der Waals surface area (Å²) in [4.78, 5) is 0.751. The van der Waals surface area contributed by atoms with Gasteiger partial charge in [0.1, 0.15) is 5.69 Å². The first-order valence-electron chi connectivity index (χ1n) is 11.2. The zero-order valence-electron chi connectivity index (χ0n) is 18.5. The SMILES string of the molecule is [O-][N+](=Nc1ccccc1CCNc1ccccc1)c1ccccc1CCNc1ccccc1. The van der Waals surface area contributed by atoms with Gasteiger partial charge in [-0.2, -0.15) is 0 Å². The molecule has 0 atom stereocenters. The van der Waals surface area contributed by atoms with Gasteiger partial charge in [-0.15, -0.1) is 0 Å². The molecular weight excluding hydrogens is 408 g/mol. The second-order valence-corrected chi connectivity index (χ2v) is 7.72.